The van der Waals surface area contributed by atoms with E-state index in [1.54, 1.807) is 18.4 Å². The van der Waals surface area contributed by atoms with Gasteiger partial charge in [-0.2, -0.15) is 0 Å². The molecule has 0 bridgehead atoms. The number of ether oxygens (including phenoxy) is 1. The third kappa shape index (κ3) is 4.30. The normalized spacial score (nSPS) is 14.2. The van der Waals surface area contributed by atoms with E-state index in [0.29, 0.717) is 0 Å². The van der Waals surface area contributed by atoms with Crippen molar-refractivity contribution >= 4 is 27.3 Å². The number of thiophene rings is 1. The first kappa shape index (κ1) is 16.5. The standard InChI is InChI=1S/C16H21BrN2OS/c1-11(18)16(15-8-13(17)10-21-15)19(2)9-12-5-4-6-14(7-12)20-3/h4-8,10-11,16H,9,18H2,1-3H3. The van der Waals surface area contributed by atoms with Crippen LogP contribution in [0.5, 0.6) is 5.75 Å². The summed E-state index contributed by atoms with van der Waals surface area (Å²) in [5.74, 6) is 0.886. The van der Waals surface area contributed by atoms with Crippen molar-refractivity contribution in [2.24, 2.45) is 5.73 Å². The van der Waals surface area contributed by atoms with Crippen LogP contribution in [-0.4, -0.2) is 25.1 Å². The lowest BCUT2D eigenvalue weighted by Crippen LogP contribution is -2.36. The van der Waals surface area contributed by atoms with Gasteiger partial charge < -0.3 is 10.5 Å². The Balaban J connectivity index is 2.17. The highest BCUT2D eigenvalue weighted by atomic mass is 79.9. The van der Waals surface area contributed by atoms with Crippen molar-refractivity contribution in [2.45, 2.75) is 25.6 Å². The number of rotatable bonds is 6. The van der Waals surface area contributed by atoms with Gasteiger partial charge in [0.1, 0.15) is 5.75 Å². The van der Waals surface area contributed by atoms with Gasteiger partial charge in [0.25, 0.3) is 0 Å². The second-order valence-electron chi connectivity index (χ2n) is 5.24. The molecule has 0 fully saturated rings. The molecule has 0 saturated heterocycles. The number of nitrogens with two attached hydrogens (primary N) is 1. The molecule has 114 valence electrons. The third-order valence-electron chi connectivity index (χ3n) is 3.42. The van der Waals surface area contributed by atoms with Crippen LogP contribution in [0.1, 0.15) is 23.4 Å². The van der Waals surface area contributed by atoms with Crippen LogP contribution in [0.4, 0.5) is 0 Å². The van der Waals surface area contributed by atoms with Crippen molar-refractivity contribution in [3.8, 4) is 5.75 Å². The number of hydrogen-bond donors (Lipinski definition) is 1. The second kappa shape index (κ2) is 7.40. The van der Waals surface area contributed by atoms with Crippen LogP contribution in [0.15, 0.2) is 40.2 Å². The minimum absolute atomic E-state index is 0.0613. The van der Waals surface area contributed by atoms with Gasteiger partial charge in [0.05, 0.1) is 13.2 Å². The summed E-state index contributed by atoms with van der Waals surface area (Å²) < 4.78 is 6.40. The van der Waals surface area contributed by atoms with Gasteiger partial charge in [0.15, 0.2) is 0 Å². The van der Waals surface area contributed by atoms with E-state index in [-0.39, 0.29) is 12.1 Å². The Labute approximate surface area is 138 Å². The summed E-state index contributed by atoms with van der Waals surface area (Å²) in [5, 5.41) is 2.10. The SMILES string of the molecule is COc1cccc(CN(C)C(c2cc(Br)cs2)C(C)N)c1. The molecule has 0 spiro atoms. The van der Waals surface area contributed by atoms with E-state index in [1.165, 1.54) is 10.4 Å². The number of halogens is 1. The van der Waals surface area contributed by atoms with E-state index in [0.717, 1.165) is 16.8 Å². The summed E-state index contributed by atoms with van der Waals surface area (Å²) in [6, 6.07) is 10.6. The summed E-state index contributed by atoms with van der Waals surface area (Å²) in [6.45, 7) is 2.89. The van der Waals surface area contributed by atoms with Crippen LogP contribution in [0.3, 0.4) is 0 Å². The average Bonchev–Trinajstić information content (AvgIpc) is 2.84. The Hall–Kier alpha value is -0.880. The Morgan fingerprint density at radius 3 is 2.71 bits per heavy atom. The molecule has 2 unspecified atom stereocenters. The molecule has 0 radical (unpaired) electrons. The van der Waals surface area contributed by atoms with Gasteiger partial charge in [0, 0.05) is 27.3 Å². The summed E-state index contributed by atoms with van der Waals surface area (Å²) >= 11 is 5.26. The maximum atomic E-state index is 6.21. The summed E-state index contributed by atoms with van der Waals surface area (Å²) in [5.41, 5.74) is 7.43. The van der Waals surface area contributed by atoms with Gasteiger partial charge in [-0.3, -0.25) is 4.90 Å². The molecular weight excluding hydrogens is 348 g/mol. The van der Waals surface area contributed by atoms with Crippen molar-refractivity contribution < 1.29 is 4.74 Å². The zero-order chi connectivity index (χ0) is 15.4. The number of likely N-dealkylation sites (N-methyl/N-ethyl adjacent to an activating group) is 1. The van der Waals surface area contributed by atoms with Crippen molar-refractivity contribution in [3.63, 3.8) is 0 Å². The van der Waals surface area contributed by atoms with Crippen LogP contribution in [0.25, 0.3) is 0 Å². The molecule has 0 aliphatic carbocycles. The fraction of sp³-hybridized carbons (Fsp3) is 0.375. The van der Waals surface area contributed by atoms with E-state index in [2.05, 4.69) is 58.4 Å². The van der Waals surface area contributed by atoms with Gasteiger partial charge in [-0.25, -0.2) is 0 Å². The lowest BCUT2D eigenvalue weighted by atomic mass is 10.1. The maximum Gasteiger partial charge on any atom is 0.119 e. The molecule has 0 amide bonds. The van der Waals surface area contributed by atoms with E-state index >= 15 is 0 Å². The summed E-state index contributed by atoms with van der Waals surface area (Å²) in [6.07, 6.45) is 0. The molecule has 2 N–H and O–H groups in total. The number of nitrogens with zero attached hydrogens (tertiary/aromatic N) is 1. The van der Waals surface area contributed by atoms with Gasteiger partial charge in [-0.1, -0.05) is 12.1 Å². The van der Waals surface area contributed by atoms with Crippen LogP contribution >= 0.6 is 27.3 Å². The summed E-state index contributed by atoms with van der Waals surface area (Å²) in [7, 11) is 3.80. The minimum Gasteiger partial charge on any atom is -0.497 e. The van der Waals surface area contributed by atoms with Gasteiger partial charge in [0.2, 0.25) is 0 Å². The summed E-state index contributed by atoms with van der Waals surface area (Å²) in [4.78, 5) is 3.57. The number of hydrogen-bond acceptors (Lipinski definition) is 4. The maximum absolute atomic E-state index is 6.21. The number of methoxy groups -OCH3 is 1. The minimum atomic E-state index is 0.0613. The molecule has 2 atom stereocenters. The van der Waals surface area contributed by atoms with Crippen molar-refractivity contribution in [3.05, 3.63) is 50.6 Å². The predicted octanol–water partition coefficient (Wildman–Crippen LogP) is 4.04. The van der Waals surface area contributed by atoms with Crippen LogP contribution < -0.4 is 10.5 Å². The van der Waals surface area contributed by atoms with Crippen LogP contribution in [0, 0.1) is 0 Å². The van der Waals surface area contributed by atoms with Gasteiger partial charge in [-0.05, 0) is 53.7 Å². The van der Waals surface area contributed by atoms with Crippen LogP contribution in [-0.2, 0) is 6.54 Å². The highest BCUT2D eigenvalue weighted by Crippen LogP contribution is 2.31. The molecule has 1 aromatic heterocycles. The molecule has 1 heterocycles. The first-order valence-corrected chi connectivity index (χ1v) is 8.51. The van der Waals surface area contributed by atoms with Crippen molar-refractivity contribution in [2.75, 3.05) is 14.2 Å². The average molecular weight is 369 g/mol. The van der Waals surface area contributed by atoms with Gasteiger partial charge in [-0.15, -0.1) is 11.3 Å². The quantitative estimate of drug-likeness (QED) is 0.835. The Kier molecular flexibility index (Phi) is 5.81. The molecule has 1 aromatic carbocycles. The van der Waals surface area contributed by atoms with Crippen LogP contribution in [0.2, 0.25) is 0 Å². The first-order chi connectivity index (χ1) is 10.0. The van der Waals surface area contributed by atoms with E-state index < -0.39 is 0 Å². The smallest absolute Gasteiger partial charge is 0.119 e. The zero-order valence-corrected chi connectivity index (χ0v) is 14.9. The molecule has 0 saturated carbocycles. The van der Waals surface area contributed by atoms with Gasteiger partial charge >= 0.3 is 0 Å². The van der Waals surface area contributed by atoms with Crippen molar-refractivity contribution in [1.29, 1.82) is 0 Å². The Bertz CT molecular complexity index is 585. The Morgan fingerprint density at radius 1 is 1.38 bits per heavy atom. The molecule has 5 heteroatoms. The van der Waals surface area contributed by atoms with E-state index in [1.807, 2.05) is 12.1 Å². The largest absolute Gasteiger partial charge is 0.497 e. The van der Waals surface area contributed by atoms with E-state index in [9.17, 15) is 0 Å². The fourth-order valence-corrected chi connectivity index (χ4v) is 4.24. The Morgan fingerprint density at radius 2 is 2.14 bits per heavy atom. The fourth-order valence-electron chi connectivity index (χ4n) is 2.52. The molecule has 21 heavy (non-hydrogen) atoms. The molecule has 3 nitrogen and oxygen atoms in total. The molecule has 2 aromatic rings. The predicted molar refractivity (Wildman–Crippen MR) is 92.9 cm³/mol. The lowest BCUT2D eigenvalue weighted by molar-refractivity contribution is 0.214. The molecule has 0 aliphatic heterocycles. The van der Waals surface area contributed by atoms with Crippen molar-refractivity contribution in [1.82, 2.24) is 4.90 Å². The molecule has 0 aliphatic rings. The highest BCUT2D eigenvalue weighted by Gasteiger charge is 2.23. The second-order valence-corrected chi connectivity index (χ2v) is 7.10. The topological polar surface area (TPSA) is 38.5 Å². The highest BCUT2D eigenvalue weighted by molar-refractivity contribution is 9.10. The zero-order valence-electron chi connectivity index (χ0n) is 12.5. The first-order valence-electron chi connectivity index (χ1n) is 6.84. The molecular formula is C16H21BrN2OS. The molecule has 2 rings (SSSR count). The lowest BCUT2D eigenvalue weighted by Gasteiger charge is -2.30. The van der Waals surface area contributed by atoms with E-state index in [4.69, 9.17) is 10.5 Å². The number of benzene rings is 1. The third-order valence-corrected chi connectivity index (χ3v) is 5.18. The monoisotopic (exact) mass is 368 g/mol.